The number of rotatable bonds is 5. The molecule has 18 heavy (non-hydrogen) atoms. The Morgan fingerprint density at radius 3 is 2.94 bits per heavy atom. The number of benzene rings is 1. The normalized spacial score (nSPS) is 10.6. The molecule has 0 spiro atoms. The molecule has 1 aromatic heterocycles. The summed E-state index contributed by atoms with van der Waals surface area (Å²) in [5.74, 6) is 1.67. The first-order chi connectivity index (χ1) is 8.70. The van der Waals surface area contributed by atoms with Crippen LogP contribution in [-0.2, 0) is 13.2 Å². The van der Waals surface area contributed by atoms with Gasteiger partial charge in [0, 0.05) is 19.0 Å². The molecule has 0 amide bonds. The van der Waals surface area contributed by atoms with Gasteiger partial charge < -0.3 is 14.6 Å². The monoisotopic (exact) mass is 267 g/mol. The van der Waals surface area contributed by atoms with Gasteiger partial charge in [-0.15, -0.1) is 0 Å². The third-order valence-electron chi connectivity index (χ3n) is 2.33. The van der Waals surface area contributed by atoms with Crippen LogP contribution in [0.15, 0.2) is 22.7 Å². The van der Waals surface area contributed by atoms with E-state index in [0.717, 1.165) is 5.56 Å². The van der Waals surface area contributed by atoms with Crippen LogP contribution in [0.5, 0.6) is 5.75 Å². The van der Waals surface area contributed by atoms with Gasteiger partial charge in [-0.1, -0.05) is 28.9 Å². The van der Waals surface area contributed by atoms with Crippen molar-refractivity contribution >= 4 is 11.6 Å². The lowest BCUT2D eigenvalue weighted by Gasteiger charge is -2.11. The highest BCUT2D eigenvalue weighted by Gasteiger charge is 2.10. The summed E-state index contributed by atoms with van der Waals surface area (Å²) in [4.78, 5) is 4.07. The fourth-order valence-electron chi connectivity index (χ4n) is 1.58. The quantitative estimate of drug-likeness (QED) is 0.901. The van der Waals surface area contributed by atoms with E-state index < -0.39 is 0 Å². The van der Waals surface area contributed by atoms with Crippen molar-refractivity contribution in [3.8, 4) is 5.75 Å². The highest BCUT2D eigenvalue weighted by molar-refractivity contribution is 6.32. The van der Waals surface area contributed by atoms with E-state index in [-0.39, 0.29) is 6.61 Å². The van der Waals surface area contributed by atoms with Gasteiger partial charge in [0.2, 0.25) is 11.7 Å². The minimum Gasteiger partial charge on any atom is -0.484 e. The molecule has 0 aliphatic heterocycles. The van der Waals surface area contributed by atoms with Gasteiger partial charge in [-0.2, -0.15) is 4.98 Å². The molecule has 0 aliphatic rings. The van der Waals surface area contributed by atoms with Crippen molar-refractivity contribution in [2.45, 2.75) is 20.1 Å². The maximum atomic E-state index is 6.12. The molecule has 2 rings (SSSR count). The molecule has 5 nitrogen and oxygen atoms in total. The van der Waals surface area contributed by atoms with Crippen molar-refractivity contribution in [1.82, 2.24) is 15.5 Å². The minimum absolute atomic E-state index is 0.234. The molecule has 0 radical (unpaired) electrons. The van der Waals surface area contributed by atoms with E-state index in [0.29, 0.717) is 29.0 Å². The smallest absolute Gasteiger partial charge is 0.223 e. The SMILES string of the molecule is CNCc1cccc(Cl)c1OCc1noc(C)n1. The van der Waals surface area contributed by atoms with Crippen LogP contribution in [0, 0.1) is 6.92 Å². The summed E-state index contributed by atoms with van der Waals surface area (Å²) in [6.07, 6.45) is 0. The lowest BCUT2D eigenvalue weighted by atomic mass is 10.2. The molecule has 0 bridgehead atoms. The van der Waals surface area contributed by atoms with E-state index in [2.05, 4.69) is 15.5 Å². The maximum absolute atomic E-state index is 6.12. The number of nitrogens with one attached hydrogen (secondary N) is 1. The average molecular weight is 268 g/mol. The number of aryl methyl sites for hydroxylation is 1. The lowest BCUT2D eigenvalue weighted by molar-refractivity contribution is 0.283. The number of nitrogens with zero attached hydrogens (tertiary/aromatic N) is 2. The zero-order valence-electron chi connectivity index (χ0n) is 10.2. The summed E-state index contributed by atoms with van der Waals surface area (Å²) < 4.78 is 10.5. The second-order valence-corrected chi connectivity index (χ2v) is 4.18. The van der Waals surface area contributed by atoms with Crippen LogP contribution in [0.2, 0.25) is 5.02 Å². The predicted octanol–water partition coefficient (Wildman–Crippen LogP) is 2.33. The summed E-state index contributed by atoms with van der Waals surface area (Å²) in [6, 6.07) is 5.64. The van der Waals surface area contributed by atoms with Crippen LogP contribution in [0.4, 0.5) is 0 Å². The first-order valence-corrected chi connectivity index (χ1v) is 5.92. The largest absolute Gasteiger partial charge is 0.484 e. The molecule has 0 unspecified atom stereocenters. The Hall–Kier alpha value is -1.59. The van der Waals surface area contributed by atoms with E-state index in [1.165, 1.54) is 0 Å². The third kappa shape index (κ3) is 3.00. The van der Waals surface area contributed by atoms with Crippen molar-refractivity contribution < 1.29 is 9.26 Å². The zero-order chi connectivity index (χ0) is 13.0. The van der Waals surface area contributed by atoms with Gasteiger partial charge in [0.1, 0.15) is 5.75 Å². The Balaban J connectivity index is 2.12. The average Bonchev–Trinajstić information content (AvgIpc) is 2.75. The van der Waals surface area contributed by atoms with Crippen LogP contribution in [0.25, 0.3) is 0 Å². The van der Waals surface area contributed by atoms with Crippen LogP contribution >= 0.6 is 11.6 Å². The molecule has 2 aromatic rings. The number of para-hydroxylation sites is 1. The summed E-state index contributed by atoms with van der Waals surface area (Å²) >= 11 is 6.12. The van der Waals surface area contributed by atoms with E-state index in [1.807, 2.05) is 19.2 Å². The van der Waals surface area contributed by atoms with E-state index in [4.69, 9.17) is 20.9 Å². The first kappa shape index (κ1) is 12.9. The van der Waals surface area contributed by atoms with Gasteiger partial charge in [0.05, 0.1) is 5.02 Å². The van der Waals surface area contributed by atoms with E-state index in [9.17, 15) is 0 Å². The number of ether oxygens (including phenoxy) is 1. The van der Waals surface area contributed by atoms with Crippen LogP contribution in [0.1, 0.15) is 17.3 Å². The van der Waals surface area contributed by atoms with Crippen molar-refractivity contribution in [3.63, 3.8) is 0 Å². The third-order valence-corrected chi connectivity index (χ3v) is 2.63. The molecular weight excluding hydrogens is 254 g/mol. The maximum Gasteiger partial charge on any atom is 0.223 e. The number of hydrogen-bond donors (Lipinski definition) is 1. The molecule has 0 saturated carbocycles. The molecule has 1 heterocycles. The summed E-state index contributed by atoms with van der Waals surface area (Å²) in [7, 11) is 1.87. The second-order valence-electron chi connectivity index (χ2n) is 3.78. The summed E-state index contributed by atoms with van der Waals surface area (Å²) in [5.41, 5.74) is 0.991. The highest BCUT2D eigenvalue weighted by Crippen LogP contribution is 2.29. The van der Waals surface area contributed by atoms with Gasteiger partial charge in [-0.05, 0) is 13.1 Å². The summed E-state index contributed by atoms with van der Waals surface area (Å²) in [5, 5.41) is 7.40. The molecular formula is C12H14ClN3O2. The van der Waals surface area contributed by atoms with Gasteiger partial charge in [0.25, 0.3) is 0 Å². The minimum atomic E-state index is 0.234. The lowest BCUT2D eigenvalue weighted by Crippen LogP contribution is -2.08. The Kier molecular flexibility index (Phi) is 4.17. The Labute approximate surface area is 110 Å². The van der Waals surface area contributed by atoms with Gasteiger partial charge >= 0.3 is 0 Å². The molecule has 96 valence electrons. The van der Waals surface area contributed by atoms with Gasteiger partial charge in [0.15, 0.2) is 6.61 Å². The van der Waals surface area contributed by atoms with Crippen molar-refractivity contribution in [3.05, 3.63) is 40.5 Å². The molecule has 0 aliphatic carbocycles. The summed E-state index contributed by atoms with van der Waals surface area (Å²) in [6.45, 7) is 2.65. The predicted molar refractivity (Wildman–Crippen MR) is 67.6 cm³/mol. The fourth-order valence-corrected chi connectivity index (χ4v) is 1.83. The molecule has 6 heteroatoms. The van der Waals surface area contributed by atoms with Crippen molar-refractivity contribution in [1.29, 1.82) is 0 Å². The standard InChI is InChI=1S/C12H14ClN3O2/c1-8-15-11(16-18-8)7-17-12-9(6-14-2)4-3-5-10(12)13/h3-5,14H,6-7H2,1-2H3. The Morgan fingerprint density at radius 1 is 1.44 bits per heavy atom. The number of hydrogen-bond acceptors (Lipinski definition) is 5. The second kappa shape index (κ2) is 5.84. The van der Waals surface area contributed by atoms with E-state index in [1.54, 1.807) is 13.0 Å². The topological polar surface area (TPSA) is 60.2 Å². The van der Waals surface area contributed by atoms with Crippen LogP contribution in [-0.4, -0.2) is 17.2 Å². The van der Waals surface area contributed by atoms with Crippen LogP contribution in [0.3, 0.4) is 0 Å². The molecule has 0 saturated heterocycles. The fraction of sp³-hybridized carbons (Fsp3) is 0.333. The van der Waals surface area contributed by atoms with Crippen molar-refractivity contribution in [2.24, 2.45) is 0 Å². The van der Waals surface area contributed by atoms with E-state index >= 15 is 0 Å². The highest BCUT2D eigenvalue weighted by atomic mass is 35.5. The number of aromatic nitrogens is 2. The molecule has 1 N–H and O–H groups in total. The Morgan fingerprint density at radius 2 is 2.28 bits per heavy atom. The number of halogens is 1. The zero-order valence-corrected chi connectivity index (χ0v) is 11.0. The molecule has 0 fully saturated rings. The first-order valence-electron chi connectivity index (χ1n) is 5.54. The molecule has 1 aromatic carbocycles. The van der Waals surface area contributed by atoms with Crippen molar-refractivity contribution in [2.75, 3.05) is 7.05 Å². The van der Waals surface area contributed by atoms with Gasteiger partial charge in [-0.3, -0.25) is 0 Å². The molecule has 0 atom stereocenters. The van der Waals surface area contributed by atoms with Crippen LogP contribution < -0.4 is 10.1 Å². The Bertz CT molecular complexity index is 528. The van der Waals surface area contributed by atoms with Gasteiger partial charge in [-0.25, -0.2) is 0 Å².